The van der Waals surface area contributed by atoms with Gasteiger partial charge in [0.25, 0.3) is 5.91 Å². The Bertz CT molecular complexity index is 767. The Morgan fingerprint density at radius 2 is 2.20 bits per heavy atom. The number of nitrogens with one attached hydrogen (secondary N) is 1. The zero-order chi connectivity index (χ0) is 18.2. The van der Waals surface area contributed by atoms with E-state index < -0.39 is 0 Å². The van der Waals surface area contributed by atoms with Gasteiger partial charge in [0.05, 0.1) is 5.69 Å². The molecule has 0 spiro atoms. The summed E-state index contributed by atoms with van der Waals surface area (Å²) < 4.78 is 7.32. The third-order valence-corrected chi connectivity index (χ3v) is 5.29. The molecule has 0 bridgehead atoms. The van der Waals surface area contributed by atoms with E-state index in [1.54, 1.807) is 0 Å². The third-order valence-electron chi connectivity index (χ3n) is 5.29. The van der Waals surface area contributed by atoms with Crippen molar-refractivity contribution >= 4 is 5.91 Å². The normalized spacial score (nSPS) is 17.4. The highest BCUT2D eigenvalue weighted by Gasteiger charge is 2.34. The van der Waals surface area contributed by atoms with Crippen LogP contribution >= 0.6 is 0 Å². The second kappa shape index (κ2) is 6.65. The number of fused-ring (bicyclic) bond motifs is 1. The van der Waals surface area contributed by atoms with E-state index in [0.29, 0.717) is 18.2 Å². The van der Waals surface area contributed by atoms with Crippen LogP contribution in [0.1, 0.15) is 67.2 Å². The third kappa shape index (κ3) is 3.62. The molecule has 1 aliphatic carbocycles. The van der Waals surface area contributed by atoms with Crippen molar-refractivity contribution in [1.29, 1.82) is 0 Å². The summed E-state index contributed by atoms with van der Waals surface area (Å²) in [6, 6.07) is 0. The Morgan fingerprint density at radius 3 is 2.84 bits per heavy atom. The molecule has 25 heavy (non-hydrogen) atoms. The lowest BCUT2D eigenvalue weighted by Crippen LogP contribution is -2.29. The predicted molar refractivity (Wildman–Crippen MR) is 95.3 cm³/mol. The molecule has 0 saturated carbocycles. The number of hydrogen-bond acceptors (Lipinski definition) is 4. The van der Waals surface area contributed by atoms with Crippen LogP contribution in [0.15, 0.2) is 10.7 Å². The molecule has 6 nitrogen and oxygen atoms in total. The number of nitrogens with zero attached hydrogens (tertiary/aromatic N) is 3. The molecule has 2 aromatic heterocycles. The molecule has 0 fully saturated rings. The molecule has 1 N–H and O–H groups in total. The molecule has 2 heterocycles. The van der Waals surface area contributed by atoms with Crippen LogP contribution < -0.4 is 5.32 Å². The first-order valence-electron chi connectivity index (χ1n) is 9.08. The molecular weight excluding hydrogens is 316 g/mol. The molecule has 6 heteroatoms. The minimum absolute atomic E-state index is 0.164. The van der Waals surface area contributed by atoms with Crippen molar-refractivity contribution in [2.45, 2.75) is 67.0 Å². The standard InChI is InChI=1S/C19H28N4O2/c1-6-23-11-13(12(2)21-23)10-20-18(24)17-15-9-14(19(3,4)5)7-8-16(15)25-22-17/h11,14H,6-10H2,1-5H3,(H,20,24)/t14-/m1/s1. The van der Waals surface area contributed by atoms with Gasteiger partial charge in [0.2, 0.25) is 0 Å². The van der Waals surface area contributed by atoms with Gasteiger partial charge < -0.3 is 9.84 Å². The Kier molecular flexibility index (Phi) is 4.71. The zero-order valence-electron chi connectivity index (χ0n) is 15.8. The minimum atomic E-state index is -0.164. The second-order valence-electron chi connectivity index (χ2n) is 8.02. The van der Waals surface area contributed by atoms with E-state index in [1.165, 1.54) is 0 Å². The van der Waals surface area contributed by atoms with Crippen LogP contribution in [-0.2, 0) is 25.9 Å². The summed E-state index contributed by atoms with van der Waals surface area (Å²) in [5.41, 5.74) is 3.63. The first-order valence-corrected chi connectivity index (χ1v) is 9.08. The van der Waals surface area contributed by atoms with E-state index in [4.69, 9.17) is 4.52 Å². The summed E-state index contributed by atoms with van der Waals surface area (Å²) >= 11 is 0. The summed E-state index contributed by atoms with van der Waals surface area (Å²) in [5.74, 6) is 1.25. The molecule has 0 aromatic carbocycles. The molecule has 0 aliphatic heterocycles. The SMILES string of the molecule is CCn1cc(CNC(=O)c2noc3c2C[C@H](C(C)(C)C)CC3)c(C)n1. The number of amides is 1. The number of aromatic nitrogens is 3. The number of rotatable bonds is 4. The van der Waals surface area contributed by atoms with E-state index in [9.17, 15) is 4.79 Å². The van der Waals surface area contributed by atoms with Gasteiger partial charge >= 0.3 is 0 Å². The Labute approximate surface area is 149 Å². The van der Waals surface area contributed by atoms with Gasteiger partial charge in [-0.05, 0) is 38.0 Å². The van der Waals surface area contributed by atoms with E-state index in [1.807, 2.05) is 24.7 Å². The van der Waals surface area contributed by atoms with E-state index >= 15 is 0 Å². The number of carbonyl (C=O) groups excluding carboxylic acids is 1. The fourth-order valence-electron chi connectivity index (χ4n) is 3.48. The van der Waals surface area contributed by atoms with Gasteiger partial charge in [0.15, 0.2) is 5.69 Å². The first-order chi connectivity index (χ1) is 11.8. The highest BCUT2D eigenvalue weighted by atomic mass is 16.5. The smallest absolute Gasteiger partial charge is 0.274 e. The highest BCUT2D eigenvalue weighted by molar-refractivity contribution is 5.93. The van der Waals surface area contributed by atoms with Gasteiger partial charge in [-0.1, -0.05) is 25.9 Å². The van der Waals surface area contributed by atoms with Crippen LogP contribution in [0.3, 0.4) is 0 Å². The van der Waals surface area contributed by atoms with E-state index in [0.717, 1.165) is 48.4 Å². The van der Waals surface area contributed by atoms with Crippen LogP contribution in [-0.4, -0.2) is 20.8 Å². The van der Waals surface area contributed by atoms with Crippen molar-refractivity contribution in [3.05, 3.63) is 34.5 Å². The highest BCUT2D eigenvalue weighted by Crippen LogP contribution is 2.38. The largest absolute Gasteiger partial charge is 0.360 e. The van der Waals surface area contributed by atoms with Crippen LogP contribution in [0, 0.1) is 18.3 Å². The van der Waals surface area contributed by atoms with Crippen LogP contribution in [0.5, 0.6) is 0 Å². The van der Waals surface area contributed by atoms with E-state index in [2.05, 4.69) is 36.3 Å². The van der Waals surface area contributed by atoms with Gasteiger partial charge in [-0.3, -0.25) is 9.48 Å². The maximum absolute atomic E-state index is 12.6. The molecular formula is C19H28N4O2. The zero-order valence-corrected chi connectivity index (χ0v) is 15.8. The molecule has 3 rings (SSSR count). The Morgan fingerprint density at radius 1 is 1.44 bits per heavy atom. The number of aryl methyl sites for hydroxylation is 3. The molecule has 0 saturated heterocycles. The minimum Gasteiger partial charge on any atom is -0.360 e. The fraction of sp³-hybridized carbons (Fsp3) is 0.632. The molecule has 0 radical (unpaired) electrons. The average molecular weight is 344 g/mol. The molecule has 1 aliphatic rings. The lowest BCUT2D eigenvalue weighted by atomic mass is 9.71. The summed E-state index contributed by atoms with van der Waals surface area (Å²) in [7, 11) is 0. The van der Waals surface area contributed by atoms with Crippen LogP contribution in [0.4, 0.5) is 0 Å². The number of carbonyl (C=O) groups is 1. The van der Waals surface area contributed by atoms with Crippen molar-refractivity contribution < 1.29 is 9.32 Å². The van der Waals surface area contributed by atoms with Crippen LogP contribution in [0.2, 0.25) is 0 Å². The first kappa shape index (κ1) is 17.7. The topological polar surface area (TPSA) is 73.0 Å². The summed E-state index contributed by atoms with van der Waals surface area (Å²) in [6.45, 7) is 12.0. The summed E-state index contributed by atoms with van der Waals surface area (Å²) in [5, 5.41) is 11.4. The Balaban J connectivity index is 1.71. The number of hydrogen-bond donors (Lipinski definition) is 1. The van der Waals surface area contributed by atoms with Crippen LogP contribution in [0.25, 0.3) is 0 Å². The fourth-order valence-corrected chi connectivity index (χ4v) is 3.48. The van der Waals surface area contributed by atoms with Gasteiger partial charge in [-0.25, -0.2) is 0 Å². The maximum atomic E-state index is 12.6. The predicted octanol–water partition coefficient (Wildman–Crippen LogP) is 3.28. The molecule has 1 atom stereocenters. The van der Waals surface area contributed by atoms with Crippen molar-refractivity contribution in [3.8, 4) is 0 Å². The van der Waals surface area contributed by atoms with E-state index in [-0.39, 0.29) is 11.3 Å². The average Bonchev–Trinajstić information content (AvgIpc) is 3.14. The van der Waals surface area contributed by atoms with Crippen molar-refractivity contribution in [2.75, 3.05) is 0 Å². The second-order valence-corrected chi connectivity index (χ2v) is 8.02. The van der Waals surface area contributed by atoms with Crippen molar-refractivity contribution in [2.24, 2.45) is 11.3 Å². The van der Waals surface area contributed by atoms with Crippen molar-refractivity contribution in [3.63, 3.8) is 0 Å². The van der Waals surface area contributed by atoms with Gasteiger partial charge in [0.1, 0.15) is 5.76 Å². The lowest BCUT2D eigenvalue weighted by Gasteiger charge is -2.33. The van der Waals surface area contributed by atoms with Gasteiger partial charge in [-0.2, -0.15) is 5.10 Å². The Hall–Kier alpha value is -2.11. The maximum Gasteiger partial charge on any atom is 0.274 e. The monoisotopic (exact) mass is 344 g/mol. The molecule has 136 valence electrons. The quantitative estimate of drug-likeness (QED) is 0.924. The molecule has 0 unspecified atom stereocenters. The van der Waals surface area contributed by atoms with Gasteiger partial charge in [0, 0.05) is 36.8 Å². The van der Waals surface area contributed by atoms with Crippen molar-refractivity contribution in [1.82, 2.24) is 20.3 Å². The van der Waals surface area contributed by atoms with Gasteiger partial charge in [-0.15, -0.1) is 0 Å². The molecule has 1 amide bonds. The molecule has 2 aromatic rings. The summed E-state index contributed by atoms with van der Waals surface area (Å²) in [4.78, 5) is 12.6. The lowest BCUT2D eigenvalue weighted by molar-refractivity contribution is 0.0940. The summed E-state index contributed by atoms with van der Waals surface area (Å²) in [6.07, 6.45) is 4.78.